The smallest absolute Gasteiger partial charge is 0.308 e. The number of nitrogens with two attached hydrogens (primary N) is 1. The number of aliphatic hydroxyl groups excluding tert-OH is 2. The molecule has 13 atom stereocenters. The van der Waals surface area contributed by atoms with Gasteiger partial charge in [-0.3, -0.25) is 52.7 Å². The lowest BCUT2D eigenvalue weighted by molar-refractivity contribution is -0.158. The molecule has 24 heteroatoms. The van der Waals surface area contributed by atoms with Crippen LogP contribution in [-0.4, -0.2) is 170 Å². The maximum atomic E-state index is 15.4. The third kappa shape index (κ3) is 38.3. The molecule has 0 aromatic heterocycles. The van der Waals surface area contributed by atoms with Crippen LogP contribution in [-0.2, 0) is 98.0 Å². The molecule has 9 rings (SSSR count). The first-order valence-corrected chi connectivity index (χ1v) is 51.2. The molecule has 0 saturated carbocycles. The quantitative estimate of drug-likeness (QED) is 0.0130. The molecule has 0 radical (unpaired) electrons. The van der Waals surface area contributed by atoms with Gasteiger partial charge in [0.1, 0.15) is 28.6 Å². The number of likely N-dealkylation sites (tertiary alicyclic amines) is 1. The van der Waals surface area contributed by atoms with Gasteiger partial charge in [-0.2, -0.15) is 0 Å². The maximum Gasteiger partial charge on any atom is 0.308 e. The number of aliphatic hydroxyl groups is 2. The van der Waals surface area contributed by atoms with E-state index in [1.54, 1.807) is 114 Å². The molecule has 1 aliphatic heterocycles. The third-order valence-electron chi connectivity index (χ3n) is 25.8. The average molecular weight is 1960 g/mol. The van der Waals surface area contributed by atoms with Gasteiger partial charge in [0.25, 0.3) is 0 Å². The van der Waals surface area contributed by atoms with Crippen molar-refractivity contribution in [1.82, 2.24) is 31.5 Å². The lowest BCUT2D eigenvalue weighted by Crippen LogP contribution is -2.52. The number of carbonyl (C=O) groups is 11. The van der Waals surface area contributed by atoms with Crippen molar-refractivity contribution in [3.8, 4) is 16.9 Å². The molecular formula is C119H161N7O17. The monoisotopic (exact) mass is 1960 g/mol. The largest absolute Gasteiger partial charge is 0.488 e. The highest BCUT2D eigenvalue weighted by Crippen LogP contribution is 2.44. The predicted molar refractivity (Wildman–Crippen MR) is 564 cm³/mol. The van der Waals surface area contributed by atoms with Crippen LogP contribution >= 0.6 is 0 Å². The number of carbonyl (C=O) groups excluding carboxylic acids is 11. The summed E-state index contributed by atoms with van der Waals surface area (Å²) in [7, 11) is 0. The lowest BCUT2D eigenvalue weighted by Gasteiger charge is -2.36. The summed E-state index contributed by atoms with van der Waals surface area (Å²) in [6.45, 7) is 38.7. The van der Waals surface area contributed by atoms with Crippen LogP contribution in [0.2, 0.25) is 0 Å². The van der Waals surface area contributed by atoms with Crippen LogP contribution in [0.3, 0.4) is 0 Å². The number of hydrogen-bond donors (Lipinski definition) is 8. The number of esters is 2. The fourth-order valence-corrected chi connectivity index (χ4v) is 18.6. The SMILES string of the molecule is CCNC(=O)[C@H](CC(=O)OC(C)(C)C)C[C@@H](O)[C@H](Cc1ccc(-c2ccccc2)cc1)NC(=O)[C@H](CC)CC(=O)[C@@H](NC(=O)CC[C@@H](O)[C@H](Cc1ccc(C)cc1)NC(=O)[C@@H](CC(=O)[C@H](CC(=O)OC(C)(C)C)NC(=O)[C@H](CC)CC(=O)[C@@H]1CCCN1C(=O)[C@@H](N)CC(C)C)Cc1ccc(OC(C)(C)C)cc1)C(C)OC(C)(C)C.Cc1ccc(C(CCc2cccc(C)c2)(c2ccccc2)c2ccccc2)cc1. The summed E-state index contributed by atoms with van der Waals surface area (Å²) in [6, 6.07) is 65.1. The molecule has 143 heavy (non-hydrogen) atoms. The molecular weight excluding hydrogens is 1800 g/mol. The van der Waals surface area contributed by atoms with Crippen LogP contribution in [0.25, 0.3) is 11.1 Å². The number of nitrogens with zero attached hydrogens (tertiary/aromatic N) is 1. The number of amides is 6. The number of hydrogen-bond acceptors (Lipinski definition) is 18. The van der Waals surface area contributed by atoms with E-state index in [1.807, 2.05) is 120 Å². The highest BCUT2D eigenvalue weighted by atomic mass is 16.6. The van der Waals surface area contributed by atoms with Gasteiger partial charge in [0.15, 0.2) is 17.3 Å². The number of rotatable bonds is 50. The Hall–Kier alpha value is -11.8. The van der Waals surface area contributed by atoms with E-state index in [0.717, 1.165) is 35.1 Å². The first-order chi connectivity index (χ1) is 67.4. The number of ketones is 3. The van der Waals surface area contributed by atoms with E-state index in [2.05, 4.69) is 150 Å². The summed E-state index contributed by atoms with van der Waals surface area (Å²) in [5.74, 6) is -10.1. The molecule has 0 bridgehead atoms. The summed E-state index contributed by atoms with van der Waals surface area (Å²) in [4.78, 5) is 159. The van der Waals surface area contributed by atoms with Gasteiger partial charge in [0.2, 0.25) is 35.4 Å². The van der Waals surface area contributed by atoms with Crippen molar-refractivity contribution in [3.05, 3.63) is 268 Å². The number of Topliss-reactive ketones (excluding diaryl/α,β-unsaturated/α-hetero) is 3. The molecule has 774 valence electrons. The van der Waals surface area contributed by atoms with Gasteiger partial charge in [0.05, 0.1) is 72.9 Å². The van der Waals surface area contributed by atoms with E-state index in [4.69, 9.17) is 24.7 Å². The summed E-state index contributed by atoms with van der Waals surface area (Å²) < 4.78 is 23.7. The minimum atomic E-state index is -1.55. The fraction of sp³-hybridized carbons (Fsp3) is 0.504. The number of ether oxygens (including phenoxy) is 4. The van der Waals surface area contributed by atoms with E-state index in [0.29, 0.717) is 42.7 Å². The number of aryl methyl sites for hydroxylation is 4. The summed E-state index contributed by atoms with van der Waals surface area (Å²) >= 11 is 0. The van der Waals surface area contributed by atoms with Crippen LogP contribution in [0.15, 0.2) is 212 Å². The number of nitrogens with one attached hydrogen (secondary N) is 5. The van der Waals surface area contributed by atoms with Crippen LogP contribution in [0, 0.1) is 50.4 Å². The molecule has 8 aromatic carbocycles. The molecule has 6 amide bonds. The van der Waals surface area contributed by atoms with Gasteiger partial charge in [-0.1, -0.05) is 245 Å². The van der Waals surface area contributed by atoms with E-state index in [-0.39, 0.29) is 93.8 Å². The summed E-state index contributed by atoms with van der Waals surface area (Å²) in [5.41, 5.74) is 15.9. The van der Waals surface area contributed by atoms with Crippen LogP contribution in [0.5, 0.6) is 5.75 Å². The Morgan fingerprint density at radius 1 is 0.455 bits per heavy atom. The molecule has 1 aliphatic rings. The van der Waals surface area contributed by atoms with E-state index in [1.165, 1.54) is 38.3 Å². The molecule has 8 aromatic rings. The zero-order chi connectivity index (χ0) is 105. The fourth-order valence-electron chi connectivity index (χ4n) is 18.6. The predicted octanol–water partition coefficient (Wildman–Crippen LogP) is 18.3. The highest BCUT2D eigenvalue weighted by molar-refractivity contribution is 5.98. The Labute approximate surface area is 849 Å². The Balaban J connectivity index is 0.000000725. The van der Waals surface area contributed by atoms with Crippen molar-refractivity contribution in [2.75, 3.05) is 13.1 Å². The van der Waals surface area contributed by atoms with Crippen molar-refractivity contribution in [1.29, 1.82) is 0 Å². The second kappa shape index (κ2) is 54.8. The average Bonchev–Trinajstić information content (AvgIpc) is 0.997. The summed E-state index contributed by atoms with van der Waals surface area (Å²) in [5, 5.41) is 39.0. The van der Waals surface area contributed by atoms with Gasteiger partial charge >= 0.3 is 11.9 Å². The molecule has 1 fully saturated rings. The lowest BCUT2D eigenvalue weighted by atomic mass is 9.66. The van der Waals surface area contributed by atoms with Crippen molar-refractivity contribution in [3.63, 3.8) is 0 Å². The Bertz CT molecular complexity index is 5370. The first-order valence-electron chi connectivity index (χ1n) is 51.2. The Morgan fingerprint density at radius 3 is 1.46 bits per heavy atom. The first kappa shape index (κ1) is 116. The number of benzene rings is 8. The second-order valence-corrected chi connectivity index (χ2v) is 43.2. The van der Waals surface area contributed by atoms with Gasteiger partial charge in [-0.15, -0.1) is 0 Å². The molecule has 24 nitrogen and oxygen atoms in total. The second-order valence-electron chi connectivity index (χ2n) is 43.2. The Morgan fingerprint density at radius 2 is 0.937 bits per heavy atom. The van der Waals surface area contributed by atoms with Gasteiger partial charge in [-0.25, -0.2) is 0 Å². The van der Waals surface area contributed by atoms with Gasteiger partial charge in [0, 0.05) is 61.9 Å². The molecule has 1 unspecified atom stereocenters. The van der Waals surface area contributed by atoms with Crippen molar-refractivity contribution in [2.45, 2.75) is 343 Å². The van der Waals surface area contributed by atoms with Crippen LogP contribution in [0.4, 0.5) is 0 Å². The van der Waals surface area contributed by atoms with Crippen molar-refractivity contribution in [2.24, 2.45) is 35.3 Å². The summed E-state index contributed by atoms with van der Waals surface area (Å²) in [6.07, 6.45) is -3.06. The molecule has 9 N–H and O–H groups in total. The molecule has 0 aliphatic carbocycles. The topological polar surface area (TPSA) is 355 Å². The zero-order valence-corrected chi connectivity index (χ0v) is 88.5. The van der Waals surface area contributed by atoms with E-state index >= 15 is 9.59 Å². The van der Waals surface area contributed by atoms with Crippen LogP contribution in [0.1, 0.15) is 270 Å². The normalized spacial score (nSPS) is 15.5. The molecule has 1 heterocycles. The van der Waals surface area contributed by atoms with Crippen molar-refractivity contribution >= 4 is 64.7 Å². The maximum absolute atomic E-state index is 15.4. The standard InChI is InChI=1S/C90H133N7O17.C29H28/c1-20-61(49-76(101)72-29-26-44-97(72)86(110)68(91)45-55(4)5)83(107)95-71(54-80(105)114-90(17,18)19)75(100)51-65(46-58-36-40-67(41-37-58)112-88(11,12)13)85(109)93-69(47-59-32-30-56(6)31-33-59)73(98)42-43-78(103)96-81(57(7)111-87(8,9)10)77(102)50-62(21-2)84(108)94-70(48-60-34-38-64(39-35-60)63-27-24-23-25-28-63)74(99)52-66(82(106)92-22-3)53-79(104)113-89(14,15)16;1-23-16-18-28(19-17-23)29(26-12-5-3-6-13-26,27-14-7-4-8-15-27)21-20-25-11-9-10-24(2)22-25/h23-25,27-28,30-41,55,57,61-62,65-66,68-74,81,98-99H,20-22,26,29,42-54,91H2,1-19H3,(H,92,106)(H,93,109)(H,94,108)(H,95,107)(H,96,103);3-19,22H,20-21H2,1-2H3/t57?,61-,62-,65-,66+,68+,69+,70+,71+,72+,73-,74-,81+;/m1./s1. The van der Waals surface area contributed by atoms with E-state index < -0.39 is 173 Å². The van der Waals surface area contributed by atoms with Crippen molar-refractivity contribution < 1.29 is 81.9 Å². The van der Waals surface area contributed by atoms with Gasteiger partial charge in [-0.05, 0) is 263 Å². The minimum absolute atomic E-state index is 0.0393. The molecule has 1 saturated heterocycles. The highest BCUT2D eigenvalue weighted by Gasteiger charge is 2.43. The zero-order valence-electron chi connectivity index (χ0n) is 88.5. The third-order valence-corrected chi connectivity index (χ3v) is 25.8. The van der Waals surface area contributed by atoms with Crippen LogP contribution < -0.4 is 37.1 Å². The minimum Gasteiger partial charge on any atom is -0.488 e. The van der Waals surface area contributed by atoms with Gasteiger partial charge < -0.3 is 66.4 Å². The Kier molecular flexibility index (Phi) is 44.6. The van der Waals surface area contributed by atoms with E-state index in [9.17, 15) is 53.4 Å². The molecule has 0 spiro atoms.